The normalized spacial score (nSPS) is 9.93. The van der Waals surface area contributed by atoms with Crippen LogP contribution < -0.4 is 5.73 Å². The van der Waals surface area contributed by atoms with E-state index in [0.29, 0.717) is 10.6 Å². The lowest BCUT2D eigenvalue weighted by Crippen LogP contribution is -2.08. The molecule has 5 nitrogen and oxygen atoms in total. The topological polar surface area (TPSA) is 89.6 Å². The summed E-state index contributed by atoms with van der Waals surface area (Å²) in [5.41, 5.74) is 6.11. The highest BCUT2D eigenvalue weighted by molar-refractivity contribution is 7.14. The van der Waals surface area contributed by atoms with Gasteiger partial charge in [-0.15, -0.1) is 11.3 Å². The van der Waals surface area contributed by atoms with Gasteiger partial charge in [0.05, 0.1) is 6.42 Å². The van der Waals surface area contributed by atoms with E-state index in [0.717, 1.165) is 4.88 Å². The average Bonchev–Trinajstić information content (AvgIpc) is 2.46. The number of rotatable bonds is 4. The number of hydrogen-bond donors (Lipinski definition) is 2. The second-order valence-corrected chi connectivity index (χ2v) is 4.16. The SMILES string of the molecule is Cc1sc(C(=O)OCCC(=O)O)cc1N. The fraction of sp³-hybridized carbons (Fsp3) is 0.333. The van der Waals surface area contributed by atoms with Gasteiger partial charge >= 0.3 is 11.9 Å². The first-order valence-corrected chi connectivity index (χ1v) is 5.07. The predicted molar refractivity (Wildman–Crippen MR) is 56.0 cm³/mol. The number of anilines is 1. The number of nitrogen functional groups attached to an aromatic ring is 1. The number of carbonyl (C=O) groups is 2. The Morgan fingerprint density at radius 3 is 2.73 bits per heavy atom. The van der Waals surface area contributed by atoms with Crippen LogP contribution in [-0.4, -0.2) is 23.7 Å². The molecular formula is C9H11NO4S. The molecule has 0 spiro atoms. The summed E-state index contributed by atoms with van der Waals surface area (Å²) in [5.74, 6) is -1.52. The molecule has 0 aromatic carbocycles. The zero-order valence-electron chi connectivity index (χ0n) is 8.15. The molecule has 0 aliphatic heterocycles. The quantitative estimate of drug-likeness (QED) is 0.759. The van der Waals surface area contributed by atoms with Gasteiger partial charge in [-0.2, -0.15) is 0 Å². The minimum Gasteiger partial charge on any atom is -0.481 e. The molecule has 0 bridgehead atoms. The van der Waals surface area contributed by atoms with Gasteiger partial charge < -0.3 is 15.6 Å². The van der Waals surface area contributed by atoms with E-state index in [1.54, 1.807) is 6.92 Å². The molecule has 0 saturated carbocycles. The number of esters is 1. The molecule has 0 fully saturated rings. The van der Waals surface area contributed by atoms with Gasteiger partial charge in [0.1, 0.15) is 11.5 Å². The number of carboxylic acid groups (broad SMARTS) is 1. The molecule has 0 saturated heterocycles. The molecule has 1 heterocycles. The highest BCUT2D eigenvalue weighted by Gasteiger charge is 2.12. The van der Waals surface area contributed by atoms with Gasteiger partial charge in [-0.1, -0.05) is 0 Å². The summed E-state index contributed by atoms with van der Waals surface area (Å²) in [4.78, 5) is 22.7. The Morgan fingerprint density at radius 1 is 1.60 bits per heavy atom. The van der Waals surface area contributed by atoms with Gasteiger partial charge in [0.25, 0.3) is 0 Å². The Hall–Kier alpha value is -1.56. The molecule has 6 heteroatoms. The van der Waals surface area contributed by atoms with Crippen LogP contribution in [0, 0.1) is 6.92 Å². The van der Waals surface area contributed by atoms with E-state index in [9.17, 15) is 9.59 Å². The standard InChI is InChI=1S/C9H11NO4S/c1-5-6(10)4-7(15-5)9(13)14-3-2-8(11)12/h4H,2-3,10H2,1H3,(H,11,12). The molecule has 15 heavy (non-hydrogen) atoms. The van der Waals surface area contributed by atoms with E-state index < -0.39 is 11.9 Å². The van der Waals surface area contributed by atoms with Crippen molar-refractivity contribution in [2.45, 2.75) is 13.3 Å². The van der Waals surface area contributed by atoms with E-state index in [2.05, 4.69) is 0 Å². The molecular weight excluding hydrogens is 218 g/mol. The lowest BCUT2D eigenvalue weighted by molar-refractivity contribution is -0.137. The Morgan fingerprint density at radius 2 is 2.27 bits per heavy atom. The highest BCUT2D eigenvalue weighted by atomic mass is 32.1. The maximum absolute atomic E-state index is 11.3. The van der Waals surface area contributed by atoms with E-state index in [4.69, 9.17) is 15.6 Å². The Bertz CT molecular complexity index is 366. The van der Waals surface area contributed by atoms with Crippen LogP contribution in [0.25, 0.3) is 0 Å². The summed E-state index contributed by atoms with van der Waals surface area (Å²) in [6.07, 6.45) is -0.189. The van der Waals surface area contributed by atoms with Gasteiger partial charge in [0.15, 0.2) is 0 Å². The fourth-order valence-electron chi connectivity index (χ4n) is 0.899. The van der Waals surface area contributed by atoms with Crippen molar-refractivity contribution in [3.63, 3.8) is 0 Å². The third kappa shape index (κ3) is 3.25. The molecule has 0 aliphatic carbocycles. The molecule has 0 unspecified atom stereocenters. The number of aryl methyl sites for hydroxylation is 1. The average molecular weight is 229 g/mol. The second kappa shape index (κ2) is 4.79. The van der Waals surface area contributed by atoms with Crippen molar-refractivity contribution in [2.24, 2.45) is 0 Å². The van der Waals surface area contributed by atoms with Crippen molar-refractivity contribution >= 4 is 29.0 Å². The largest absolute Gasteiger partial charge is 0.481 e. The summed E-state index contributed by atoms with van der Waals surface area (Å²) in [7, 11) is 0. The highest BCUT2D eigenvalue weighted by Crippen LogP contribution is 2.23. The van der Waals surface area contributed by atoms with Crippen LogP contribution in [0.2, 0.25) is 0 Å². The van der Waals surface area contributed by atoms with Crippen molar-refractivity contribution in [2.75, 3.05) is 12.3 Å². The maximum atomic E-state index is 11.3. The van der Waals surface area contributed by atoms with E-state index in [-0.39, 0.29) is 13.0 Å². The molecule has 0 radical (unpaired) electrons. The molecule has 1 rings (SSSR count). The van der Waals surface area contributed by atoms with Gasteiger partial charge in [-0.3, -0.25) is 4.79 Å². The third-order valence-electron chi connectivity index (χ3n) is 1.71. The van der Waals surface area contributed by atoms with Crippen LogP contribution in [0.4, 0.5) is 5.69 Å². The summed E-state index contributed by atoms with van der Waals surface area (Å²) in [5, 5.41) is 8.34. The first kappa shape index (κ1) is 11.5. The van der Waals surface area contributed by atoms with Gasteiger partial charge in [0, 0.05) is 10.6 Å². The van der Waals surface area contributed by atoms with Crippen molar-refractivity contribution < 1.29 is 19.4 Å². The van der Waals surface area contributed by atoms with Crippen molar-refractivity contribution in [1.82, 2.24) is 0 Å². The predicted octanol–water partition coefficient (Wildman–Crippen LogP) is 1.27. The van der Waals surface area contributed by atoms with Gasteiger partial charge in [-0.05, 0) is 13.0 Å². The summed E-state index contributed by atoms with van der Waals surface area (Å²) >= 11 is 1.23. The fourth-order valence-corrected chi connectivity index (χ4v) is 1.73. The monoisotopic (exact) mass is 229 g/mol. The van der Waals surface area contributed by atoms with E-state index >= 15 is 0 Å². The lowest BCUT2D eigenvalue weighted by Gasteiger charge is -1.99. The van der Waals surface area contributed by atoms with Crippen LogP contribution in [-0.2, 0) is 9.53 Å². The Balaban J connectivity index is 2.50. The molecule has 0 amide bonds. The lowest BCUT2D eigenvalue weighted by atomic mass is 10.4. The van der Waals surface area contributed by atoms with E-state index in [1.165, 1.54) is 17.4 Å². The second-order valence-electron chi connectivity index (χ2n) is 2.90. The molecule has 82 valence electrons. The smallest absolute Gasteiger partial charge is 0.348 e. The maximum Gasteiger partial charge on any atom is 0.348 e. The number of hydrogen-bond acceptors (Lipinski definition) is 5. The van der Waals surface area contributed by atoms with Crippen molar-refractivity contribution in [3.05, 3.63) is 15.8 Å². The zero-order valence-corrected chi connectivity index (χ0v) is 8.97. The molecule has 0 aliphatic rings. The van der Waals surface area contributed by atoms with Crippen LogP contribution >= 0.6 is 11.3 Å². The van der Waals surface area contributed by atoms with E-state index in [1.807, 2.05) is 0 Å². The summed E-state index contributed by atoms with van der Waals surface area (Å²) < 4.78 is 4.74. The molecule has 1 aromatic heterocycles. The third-order valence-corrected chi connectivity index (χ3v) is 2.75. The number of aliphatic carboxylic acids is 1. The minimum absolute atomic E-state index is 0.120. The van der Waals surface area contributed by atoms with Crippen LogP contribution in [0.3, 0.4) is 0 Å². The molecule has 0 atom stereocenters. The number of carboxylic acids is 1. The zero-order chi connectivity index (χ0) is 11.4. The Labute approximate surface area is 90.5 Å². The molecule has 1 aromatic rings. The first-order valence-electron chi connectivity index (χ1n) is 4.25. The number of carbonyl (C=O) groups excluding carboxylic acids is 1. The summed E-state index contributed by atoms with van der Waals surface area (Å²) in [6.45, 7) is 1.68. The van der Waals surface area contributed by atoms with Crippen LogP contribution in [0.15, 0.2) is 6.07 Å². The Kier molecular flexibility index (Phi) is 3.68. The summed E-state index contributed by atoms with van der Waals surface area (Å²) in [6, 6.07) is 1.53. The molecule has 3 N–H and O–H groups in total. The van der Waals surface area contributed by atoms with Crippen molar-refractivity contribution in [3.8, 4) is 0 Å². The van der Waals surface area contributed by atoms with Crippen LogP contribution in [0.1, 0.15) is 21.0 Å². The van der Waals surface area contributed by atoms with Crippen molar-refractivity contribution in [1.29, 1.82) is 0 Å². The van der Waals surface area contributed by atoms with Gasteiger partial charge in [0.2, 0.25) is 0 Å². The minimum atomic E-state index is -0.996. The first-order chi connectivity index (χ1) is 7.00. The number of ether oxygens (including phenoxy) is 1. The number of nitrogens with two attached hydrogens (primary N) is 1. The van der Waals surface area contributed by atoms with Crippen LogP contribution in [0.5, 0.6) is 0 Å². The number of thiophene rings is 1. The van der Waals surface area contributed by atoms with Gasteiger partial charge in [-0.25, -0.2) is 4.79 Å².